The number of hydrogen-bond donors (Lipinski definition) is 0. The van der Waals surface area contributed by atoms with Gasteiger partial charge in [-0.3, -0.25) is 4.79 Å². The van der Waals surface area contributed by atoms with Crippen LogP contribution in [0, 0.1) is 0 Å². The molecule has 1 aromatic heterocycles. The lowest BCUT2D eigenvalue weighted by atomic mass is 10.3. The second kappa shape index (κ2) is 4.99. The minimum Gasteiger partial charge on any atom is -0.465 e. The van der Waals surface area contributed by atoms with Gasteiger partial charge in [-0.2, -0.15) is 0 Å². The third-order valence-electron chi connectivity index (χ3n) is 2.49. The molecule has 1 unspecified atom stereocenters. The van der Waals surface area contributed by atoms with Crippen molar-refractivity contribution in [1.29, 1.82) is 0 Å². The van der Waals surface area contributed by atoms with Gasteiger partial charge in [-0.1, -0.05) is 0 Å². The summed E-state index contributed by atoms with van der Waals surface area (Å²) in [5.41, 5.74) is 0. The van der Waals surface area contributed by atoms with Crippen LogP contribution in [0.2, 0.25) is 0 Å². The van der Waals surface area contributed by atoms with E-state index in [4.69, 9.17) is 9.15 Å². The normalized spacial score (nSPS) is 21.6. The third-order valence-corrected chi connectivity index (χ3v) is 2.49. The lowest BCUT2D eigenvalue weighted by molar-refractivity contribution is -0.132. The molecule has 2 heterocycles. The average molecular weight is 221 g/mol. The molecule has 1 aliphatic rings. The molecule has 0 saturated carbocycles. The van der Waals surface area contributed by atoms with Crippen molar-refractivity contribution in [2.45, 2.75) is 13.0 Å². The highest BCUT2D eigenvalue weighted by atomic mass is 16.5. The first-order chi connectivity index (χ1) is 7.75. The maximum atomic E-state index is 11.8. The summed E-state index contributed by atoms with van der Waals surface area (Å²) in [5.74, 6) is 0.696. The molecule has 0 aliphatic carbocycles. The minimum absolute atomic E-state index is 0.00606. The number of nitrogens with zero attached hydrogens (tertiary/aromatic N) is 1. The Hall–Kier alpha value is -1.55. The topological polar surface area (TPSA) is 42.7 Å². The molecule has 0 N–H and O–H groups in total. The van der Waals surface area contributed by atoms with E-state index in [2.05, 4.69) is 0 Å². The Bertz CT molecular complexity index is 370. The summed E-state index contributed by atoms with van der Waals surface area (Å²) in [6.45, 7) is 3.89. The van der Waals surface area contributed by atoms with Gasteiger partial charge in [0.2, 0.25) is 5.91 Å². The van der Waals surface area contributed by atoms with Gasteiger partial charge in [-0.25, -0.2) is 0 Å². The molecule has 16 heavy (non-hydrogen) atoms. The van der Waals surface area contributed by atoms with E-state index in [0.717, 1.165) is 0 Å². The summed E-state index contributed by atoms with van der Waals surface area (Å²) in [5, 5.41) is 0. The van der Waals surface area contributed by atoms with E-state index in [9.17, 15) is 4.79 Å². The van der Waals surface area contributed by atoms with Crippen molar-refractivity contribution in [1.82, 2.24) is 4.90 Å². The molecule has 1 atom stereocenters. The van der Waals surface area contributed by atoms with Gasteiger partial charge in [0.25, 0.3) is 0 Å². The predicted molar refractivity (Wildman–Crippen MR) is 59.7 cm³/mol. The second-order valence-electron chi connectivity index (χ2n) is 3.81. The fraction of sp³-hybridized carbons (Fsp3) is 0.417. The van der Waals surface area contributed by atoms with Crippen molar-refractivity contribution in [3.8, 4) is 0 Å². The standard InChI is InChI=1S/C12H15NO3/c1-10-9-13(6-8-15-10)12(14)5-4-11-3-2-7-16-11/h2-5,7,10H,6,8-9H2,1H3/b5-4+. The van der Waals surface area contributed by atoms with Crippen LogP contribution in [0.25, 0.3) is 6.08 Å². The summed E-state index contributed by atoms with van der Waals surface area (Å²) in [7, 11) is 0. The molecular formula is C12H15NO3. The first-order valence-electron chi connectivity index (χ1n) is 5.38. The lowest BCUT2D eigenvalue weighted by Crippen LogP contribution is -2.43. The highest BCUT2D eigenvalue weighted by molar-refractivity contribution is 5.91. The zero-order valence-corrected chi connectivity index (χ0v) is 9.26. The van der Waals surface area contributed by atoms with Crippen LogP contribution in [0.3, 0.4) is 0 Å². The Morgan fingerprint density at radius 3 is 3.19 bits per heavy atom. The number of carbonyl (C=O) groups excluding carboxylic acids is 1. The van der Waals surface area contributed by atoms with E-state index in [1.807, 2.05) is 13.0 Å². The highest BCUT2D eigenvalue weighted by Gasteiger charge is 2.19. The molecule has 2 rings (SSSR count). The summed E-state index contributed by atoms with van der Waals surface area (Å²) in [4.78, 5) is 13.6. The maximum Gasteiger partial charge on any atom is 0.246 e. The smallest absolute Gasteiger partial charge is 0.246 e. The van der Waals surface area contributed by atoms with E-state index < -0.39 is 0 Å². The number of amides is 1. The van der Waals surface area contributed by atoms with Crippen molar-refractivity contribution in [2.75, 3.05) is 19.7 Å². The van der Waals surface area contributed by atoms with Gasteiger partial charge in [0, 0.05) is 19.2 Å². The van der Waals surface area contributed by atoms with Gasteiger partial charge in [-0.05, 0) is 25.1 Å². The number of ether oxygens (including phenoxy) is 1. The molecule has 86 valence electrons. The molecule has 0 spiro atoms. The summed E-state index contributed by atoms with van der Waals surface area (Å²) < 4.78 is 10.5. The molecule has 1 saturated heterocycles. The first-order valence-corrected chi connectivity index (χ1v) is 5.38. The summed E-state index contributed by atoms with van der Waals surface area (Å²) >= 11 is 0. The fourth-order valence-electron chi connectivity index (χ4n) is 1.66. The second-order valence-corrected chi connectivity index (χ2v) is 3.81. The van der Waals surface area contributed by atoms with Crippen LogP contribution in [-0.4, -0.2) is 36.6 Å². The SMILES string of the molecule is CC1CN(C(=O)/C=C/c2ccco2)CCO1. The maximum absolute atomic E-state index is 11.8. The Kier molecular flexibility index (Phi) is 3.41. The molecule has 0 aromatic carbocycles. The van der Waals surface area contributed by atoms with E-state index in [0.29, 0.717) is 25.5 Å². The monoisotopic (exact) mass is 221 g/mol. The Balaban J connectivity index is 1.92. The molecule has 1 aliphatic heterocycles. The molecule has 4 nitrogen and oxygen atoms in total. The quantitative estimate of drug-likeness (QED) is 0.711. The zero-order valence-electron chi connectivity index (χ0n) is 9.26. The number of hydrogen-bond acceptors (Lipinski definition) is 3. The lowest BCUT2D eigenvalue weighted by Gasteiger charge is -2.30. The van der Waals surface area contributed by atoms with E-state index in [1.165, 1.54) is 6.08 Å². The van der Waals surface area contributed by atoms with Crippen molar-refractivity contribution < 1.29 is 13.9 Å². The molecule has 1 amide bonds. The number of morpholine rings is 1. The molecule has 1 fully saturated rings. The first kappa shape index (κ1) is 11.0. The van der Waals surface area contributed by atoms with Gasteiger partial charge in [-0.15, -0.1) is 0 Å². The van der Waals surface area contributed by atoms with Crippen LogP contribution in [0.4, 0.5) is 0 Å². The van der Waals surface area contributed by atoms with Crippen molar-refractivity contribution in [3.05, 3.63) is 30.2 Å². The Labute approximate surface area is 94.5 Å². The van der Waals surface area contributed by atoms with Crippen molar-refractivity contribution in [3.63, 3.8) is 0 Å². The van der Waals surface area contributed by atoms with Crippen LogP contribution >= 0.6 is 0 Å². The van der Waals surface area contributed by atoms with Gasteiger partial charge >= 0.3 is 0 Å². The van der Waals surface area contributed by atoms with Crippen LogP contribution in [0.5, 0.6) is 0 Å². The fourth-order valence-corrected chi connectivity index (χ4v) is 1.66. The van der Waals surface area contributed by atoms with Crippen molar-refractivity contribution >= 4 is 12.0 Å². The molecule has 4 heteroatoms. The number of carbonyl (C=O) groups is 1. The number of furan rings is 1. The predicted octanol–water partition coefficient (Wildman–Crippen LogP) is 1.54. The molecular weight excluding hydrogens is 206 g/mol. The molecule has 0 bridgehead atoms. The van der Waals surface area contributed by atoms with Gasteiger partial charge in [0.1, 0.15) is 5.76 Å². The van der Waals surface area contributed by atoms with Gasteiger partial charge in [0.15, 0.2) is 0 Å². The van der Waals surface area contributed by atoms with Crippen LogP contribution in [-0.2, 0) is 9.53 Å². The van der Waals surface area contributed by atoms with E-state index >= 15 is 0 Å². The number of rotatable bonds is 2. The highest BCUT2D eigenvalue weighted by Crippen LogP contribution is 2.07. The van der Waals surface area contributed by atoms with Crippen LogP contribution in [0.1, 0.15) is 12.7 Å². The molecule has 1 aromatic rings. The Morgan fingerprint density at radius 2 is 2.50 bits per heavy atom. The van der Waals surface area contributed by atoms with Crippen molar-refractivity contribution in [2.24, 2.45) is 0 Å². The average Bonchev–Trinajstić information content (AvgIpc) is 2.78. The van der Waals surface area contributed by atoms with Gasteiger partial charge < -0.3 is 14.1 Å². The third kappa shape index (κ3) is 2.73. The van der Waals surface area contributed by atoms with Crippen LogP contribution < -0.4 is 0 Å². The van der Waals surface area contributed by atoms with E-state index in [-0.39, 0.29) is 12.0 Å². The molecule has 0 radical (unpaired) electrons. The Morgan fingerprint density at radius 1 is 1.62 bits per heavy atom. The van der Waals surface area contributed by atoms with Gasteiger partial charge in [0.05, 0.1) is 19.0 Å². The summed E-state index contributed by atoms with van der Waals surface area (Å²) in [6.07, 6.45) is 4.93. The minimum atomic E-state index is 0.00606. The zero-order chi connectivity index (χ0) is 11.4. The van der Waals surface area contributed by atoms with Crippen LogP contribution in [0.15, 0.2) is 28.9 Å². The largest absolute Gasteiger partial charge is 0.465 e. The summed E-state index contributed by atoms with van der Waals surface area (Å²) in [6, 6.07) is 3.60. The van der Waals surface area contributed by atoms with E-state index in [1.54, 1.807) is 23.3 Å².